The highest BCUT2D eigenvalue weighted by Gasteiger charge is 2.18. The molecule has 0 bridgehead atoms. The van der Waals surface area contributed by atoms with Crippen molar-refractivity contribution in [3.05, 3.63) is 23.8 Å². The molecule has 1 aromatic rings. The molecule has 0 spiro atoms. The molecule has 2 rings (SSSR count). The number of carbonyl (C=O) groups excluding carboxylic acids is 1. The van der Waals surface area contributed by atoms with Crippen molar-refractivity contribution in [1.29, 1.82) is 0 Å². The van der Waals surface area contributed by atoms with Gasteiger partial charge in [0.25, 0.3) is 5.91 Å². The van der Waals surface area contributed by atoms with E-state index in [2.05, 4.69) is 0 Å². The van der Waals surface area contributed by atoms with E-state index in [4.69, 9.17) is 15.2 Å². The van der Waals surface area contributed by atoms with Crippen LogP contribution in [-0.2, 0) is 0 Å². The summed E-state index contributed by atoms with van der Waals surface area (Å²) >= 11 is 0. The number of fused-ring (bicyclic) bond motifs is 1. The fourth-order valence-corrected chi connectivity index (χ4v) is 1.77. The highest BCUT2D eigenvalue weighted by molar-refractivity contribution is 5.95. The smallest absolute Gasteiger partial charge is 0.254 e. The monoisotopic (exact) mass is 236 g/mol. The van der Waals surface area contributed by atoms with Gasteiger partial charge in [0.1, 0.15) is 0 Å². The Hall–Kier alpha value is -1.75. The Kier molecular flexibility index (Phi) is 3.49. The molecule has 1 heterocycles. The van der Waals surface area contributed by atoms with Crippen LogP contribution in [0.3, 0.4) is 0 Å². The Morgan fingerprint density at radius 1 is 1.41 bits per heavy atom. The van der Waals surface area contributed by atoms with Gasteiger partial charge in [0.05, 0.1) is 0 Å². The van der Waals surface area contributed by atoms with Crippen LogP contribution < -0.4 is 15.2 Å². The van der Waals surface area contributed by atoms with Crippen molar-refractivity contribution < 1.29 is 14.3 Å². The molecule has 0 radical (unpaired) electrons. The third-order valence-corrected chi connectivity index (χ3v) is 2.69. The summed E-state index contributed by atoms with van der Waals surface area (Å²) in [6.45, 7) is 3.81. The molecule has 5 heteroatoms. The quantitative estimate of drug-likeness (QED) is 0.841. The molecular weight excluding hydrogens is 220 g/mol. The maximum absolute atomic E-state index is 12.1. The highest BCUT2D eigenvalue weighted by Crippen LogP contribution is 2.32. The third kappa shape index (κ3) is 2.34. The fraction of sp³-hybridized carbons (Fsp3) is 0.417. The molecule has 0 fully saturated rings. The van der Waals surface area contributed by atoms with Gasteiger partial charge in [-0.05, 0) is 25.1 Å². The van der Waals surface area contributed by atoms with Crippen LogP contribution in [0.5, 0.6) is 11.5 Å². The van der Waals surface area contributed by atoms with Gasteiger partial charge in [-0.15, -0.1) is 0 Å². The zero-order valence-corrected chi connectivity index (χ0v) is 9.81. The summed E-state index contributed by atoms with van der Waals surface area (Å²) in [6, 6.07) is 5.21. The van der Waals surface area contributed by atoms with E-state index in [0.29, 0.717) is 36.7 Å². The maximum Gasteiger partial charge on any atom is 0.254 e. The number of benzene rings is 1. The maximum atomic E-state index is 12.1. The number of nitrogens with two attached hydrogens (primary N) is 1. The molecule has 0 saturated heterocycles. The van der Waals surface area contributed by atoms with Crippen molar-refractivity contribution >= 4 is 5.91 Å². The summed E-state index contributed by atoms with van der Waals surface area (Å²) in [4.78, 5) is 13.8. The second-order valence-corrected chi connectivity index (χ2v) is 3.74. The van der Waals surface area contributed by atoms with Gasteiger partial charge in [0.15, 0.2) is 11.5 Å². The predicted molar refractivity (Wildman–Crippen MR) is 63.2 cm³/mol. The average molecular weight is 236 g/mol. The summed E-state index contributed by atoms with van der Waals surface area (Å²) in [7, 11) is 0. The lowest BCUT2D eigenvalue weighted by molar-refractivity contribution is 0.0768. The van der Waals surface area contributed by atoms with E-state index in [9.17, 15) is 4.79 Å². The van der Waals surface area contributed by atoms with Crippen molar-refractivity contribution in [3.8, 4) is 11.5 Å². The molecule has 0 aliphatic carbocycles. The number of ether oxygens (including phenoxy) is 2. The van der Waals surface area contributed by atoms with E-state index in [1.807, 2.05) is 6.92 Å². The van der Waals surface area contributed by atoms with Crippen molar-refractivity contribution in [2.75, 3.05) is 26.4 Å². The Labute approximate surface area is 100 Å². The van der Waals surface area contributed by atoms with Crippen LogP contribution in [0.15, 0.2) is 18.2 Å². The second-order valence-electron chi connectivity index (χ2n) is 3.74. The van der Waals surface area contributed by atoms with E-state index in [1.54, 1.807) is 23.1 Å². The number of rotatable bonds is 4. The van der Waals surface area contributed by atoms with Crippen LogP contribution in [0.1, 0.15) is 17.3 Å². The molecule has 0 atom stereocenters. The van der Waals surface area contributed by atoms with Crippen molar-refractivity contribution in [2.45, 2.75) is 6.92 Å². The topological polar surface area (TPSA) is 64.8 Å². The van der Waals surface area contributed by atoms with Gasteiger partial charge in [0, 0.05) is 25.2 Å². The number of amides is 1. The first kappa shape index (κ1) is 11.7. The minimum absolute atomic E-state index is 0.0312. The normalized spacial score (nSPS) is 12.6. The summed E-state index contributed by atoms with van der Waals surface area (Å²) in [5.41, 5.74) is 6.07. The molecule has 0 unspecified atom stereocenters. The van der Waals surface area contributed by atoms with Crippen LogP contribution in [0.2, 0.25) is 0 Å². The lowest BCUT2D eigenvalue weighted by atomic mass is 10.1. The Morgan fingerprint density at radius 2 is 2.18 bits per heavy atom. The van der Waals surface area contributed by atoms with Crippen molar-refractivity contribution in [2.24, 2.45) is 5.73 Å². The lowest BCUT2D eigenvalue weighted by Crippen LogP contribution is -2.35. The molecule has 0 aromatic heterocycles. The molecule has 1 aliphatic rings. The number of carbonyl (C=O) groups is 1. The van der Waals surface area contributed by atoms with E-state index >= 15 is 0 Å². The average Bonchev–Trinajstić information content (AvgIpc) is 2.82. The zero-order valence-electron chi connectivity index (χ0n) is 9.81. The fourth-order valence-electron chi connectivity index (χ4n) is 1.77. The van der Waals surface area contributed by atoms with E-state index < -0.39 is 0 Å². The van der Waals surface area contributed by atoms with Crippen LogP contribution >= 0.6 is 0 Å². The van der Waals surface area contributed by atoms with Gasteiger partial charge < -0.3 is 20.1 Å². The molecule has 1 aliphatic heterocycles. The standard InChI is InChI=1S/C12H16N2O3/c1-2-14(6-5-13)12(15)9-3-4-10-11(7-9)17-8-16-10/h3-4,7H,2,5-6,8,13H2,1H3. The summed E-state index contributed by atoms with van der Waals surface area (Å²) in [6.07, 6.45) is 0. The zero-order chi connectivity index (χ0) is 12.3. The first-order chi connectivity index (χ1) is 8.26. The number of nitrogens with zero attached hydrogens (tertiary/aromatic N) is 1. The number of likely N-dealkylation sites (N-methyl/N-ethyl adjacent to an activating group) is 1. The van der Waals surface area contributed by atoms with Crippen LogP contribution in [-0.4, -0.2) is 37.2 Å². The molecule has 2 N–H and O–H groups in total. The van der Waals surface area contributed by atoms with Crippen molar-refractivity contribution in [3.63, 3.8) is 0 Å². The Morgan fingerprint density at radius 3 is 2.88 bits per heavy atom. The molecule has 5 nitrogen and oxygen atoms in total. The molecule has 1 aromatic carbocycles. The van der Waals surface area contributed by atoms with Gasteiger partial charge >= 0.3 is 0 Å². The van der Waals surface area contributed by atoms with Crippen LogP contribution in [0.25, 0.3) is 0 Å². The highest BCUT2D eigenvalue weighted by atomic mass is 16.7. The van der Waals surface area contributed by atoms with Crippen LogP contribution in [0.4, 0.5) is 0 Å². The van der Waals surface area contributed by atoms with Gasteiger partial charge in [-0.25, -0.2) is 0 Å². The first-order valence-electron chi connectivity index (χ1n) is 5.65. The Bertz CT molecular complexity index is 420. The van der Waals surface area contributed by atoms with E-state index in [1.165, 1.54) is 0 Å². The van der Waals surface area contributed by atoms with Gasteiger partial charge in [-0.3, -0.25) is 4.79 Å². The van der Waals surface area contributed by atoms with Crippen molar-refractivity contribution in [1.82, 2.24) is 4.90 Å². The minimum Gasteiger partial charge on any atom is -0.454 e. The van der Waals surface area contributed by atoms with Gasteiger partial charge in [-0.1, -0.05) is 0 Å². The largest absolute Gasteiger partial charge is 0.454 e. The number of hydrogen-bond donors (Lipinski definition) is 1. The lowest BCUT2D eigenvalue weighted by Gasteiger charge is -2.19. The SMILES string of the molecule is CCN(CCN)C(=O)c1ccc2c(c1)OCO2. The molecule has 17 heavy (non-hydrogen) atoms. The Balaban J connectivity index is 2.19. The third-order valence-electron chi connectivity index (χ3n) is 2.69. The van der Waals surface area contributed by atoms with Gasteiger partial charge in [0.2, 0.25) is 6.79 Å². The van der Waals surface area contributed by atoms with Gasteiger partial charge in [-0.2, -0.15) is 0 Å². The molecule has 1 amide bonds. The van der Waals surface area contributed by atoms with E-state index in [-0.39, 0.29) is 12.7 Å². The van der Waals surface area contributed by atoms with E-state index in [0.717, 1.165) is 0 Å². The minimum atomic E-state index is -0.0312. The number of hydrogen-bond acceptors (Lipinski definition) is 4. The summed E-state index contributed by atoms with van der Waals surface area (Å²) < 4.78 is 10.4. The summed E-state index contributed by atoms with van der Waals surface area (Å²) in [5.74, 6) is 1.28. The molecule has 0 saturated carbocycles. The predicted octanol–water partition coefficient (Wildman–Crippen LogP) is 0.836. The molecular formula is C12H16N2O3. The van der Waals surface area contributed by atoms with Crippen LogP contribution in [0, 0.1) is 0 Å². The first-order valence-corrected chi connectivity index (χ1v) is 5.65. The second kappa shape index (κ2) is 5.05. The summed E-state index contributed by atoms with van der Waals surface area (Å²) in [5, 5.41) is 0. The molecule has 92 valence electrons.